The van der Waals surface area contributed by atoms with Crippen LogP contribution >= 0.6 is 11.3 Å². The van der Waals surface area contributed by atoms with Gasteiger partial charge in [-0.2, -0.15) is 5.10 Å². The molecule has 0 aliphatic heterocycles. The lowest BCUT2D eigenvalue weighted by Crippen LogP contribution is -2.03. The van der Waals surface area contributed by atoms with Crippen molar-refractivity contribution in [1.29, 1.82) is 0 Å². The molecule has 4 rings (SSSR count). The van der Waals surface area contributed by atoms with Crippen LogP contribution < -0.4 is 5.32 Å². The highest BCUT2D eigenvalue weighted by Gasteiger charge is 2.09. The summed E-state index contributed by atoms with van der Waals surface area (Å²) in [5, 5.41) is 14.3. The molecule has 4 aromatic heterocycles. The molecule has 6 nitrogen and oxygen atoms in total. The van der Waals surface area contributed by atoms with E-state index in [1.807, 2.05) is 42.3 Å². The van der Waals surface area contributed by atoms with Crippen LogP contribution in [0, 0.1) is 0 Å². The quantitative estimate of drug-likeness (QED) is 0.629. The Kier molecular flexibility index (Phi) is 3.12. The lowest BCUT2D eigenvalue weighted by Gasteiger charge is -2.05. The van der Waals surface area contributed by atoms with E-state index in [-0.39, 0.29) is 0 Å². The first kappa shape index (κ1) is 13.0. The second-order valence-corrected chi connectivity index (χ2v) is 6.00. The molecule has 0 unspecified atom stereocenters. The number of fused-ring (bicyclic) bond motifs is 1. The lowest BCUT2D eigenvalue weighted by molar-refractivity contribution is 0.768. The van der Waals surface area contributed by atoms with Gasteiger partial charge in [0, 0.05) is 23.7 Å². The second kappa shape index (κ2) is 5.27. The van der Waals surface area contributed by atoms with Gasteiger partial charge in [0.05, 0.1) is 24.6 Å². The number of imidazole rings is 1. The Hall–Kier alpha value is -2.67. The Balaban J connectivity index is 1.67. The fourth-order valence-corrected chi connectivity index (χ4v) is 2.95. The normalized spacial score (nSPS) is 11.1. The first-order valence-corrected chi connectivity index (χ1v) is 7.77. The molecule has 0 saturated carbocycles. The third-order valence-electron chi connectivity index (χ3n) is 3.39. The summed E-state index contributed by atoms with van der Waals surface area (Å²) in [4.78, 5) is 5.67. The van der Waals surface area contributed by atoms with Gasteiger partial charge in [-0.15, -0.1) is 16.4 Å². The van der Waals surface area contributed by atoms with Crippen LogP contribution in [0.4, 0.5) is 5.82 Å². The minimum Gasteiger partial charge on any atom is -0.364 e. The smallest absolute Gasteiger partial charge is 0.154 e. The van der Waals surface area contributed by atoms with Crippen molar-refractivity contribution in [2.24, 2.45) is 7.05 Å². The molecule has 22 heavy (non-hydrogen) atoms. The van der Waals surface area contributed by atoms with Gasteiger partial charge >= 0.3 is 0 Å². The number of aryl methyl sites for hydroxylation is 1. The van der Waals surface area contributed by atoms with Gasteiger partial charge < -0.3 is 5.32 Å². The van der Waals surface area contributed by atoms with Crippen LogP contribution in [0.1, 0.15) is 4.88 Å². The van der Waals surface area contributed by atoms with Gasteiger partial charge in [-0.3, -0.25) is 4.68 Å². The molecule has 0 saturated heterocycles. The van der Waals surface area contributed by atoms with Gasteiger partial charge in [0.15, 0.2) is 5.65 Å². The molecule has 7 heteroatoms. The molecular formula is C15H14N6S. The average molecular weight is 310 g/mol. The zero-order valence-electron chi connectivity index (χ0n) is 12.0. The largest absolute Gasteiger partial charge is 0.364 e. The number of thiophene rings is 1. The summed E-state index contributed by atoms with van der Waals surface area (Å²) in [6, 6.07) is 8.07. The minimum absolute atomic E-state index is 0.771. The van der Waals surface area contributed by atoms with E-state index in [2.05, 4.69) is 38.0 Å². The maximum absolute atomic E-state index is 4.63. The molecule has 1 N–H and O–H groups in total. The van der Waals surface area contributed by atoms with Crippen molar-refractivity contribution < 1.29 is 0 Å². The van der Waals surface area contributed by atoms with Crippen molar-refractivity contribution in [3.63, 3.8) is 0 Å². The van der Waals surface area contributed by atoms with Gasteiger partial charge in [-0.05, 0) is 23.6 Å². The van der Waals surface area contributed by atoms with Crippen molar-refractivity contribution in [2.75, 3.05) is 5.32 Å². The zero-order chi connectivity index (χ0) is 14.9. The molecular weight excluding hydrogens is 296 g/mol. The fourth-order valence-electron chi connectivity index (χ4n) is 2.31. The third-order valence-corrected chi connectivity index (χ3v) is 4.26. The number of rotatable bonds is 4. The number of hydrogen-bond donors (Lipinski definition) is 1. The monoisotopic (exact) mass is 310 g/mol. The average Bonchev–Trinajstić information content (AvgIpc) is 3.25. The summed E-state index contributed by atoms with van der Waals surface area (Å²) >= 11 is 1.73. The van der Waals surface area contributed by atoms with Crippen LogP contribution in [0.15, 0.2) is 48.2 Å². The van der Waals surface area contributed by atoms with E-state index in [9.17, 15) is 0 Å². The molecule has 4 heterocycles. The number of aromatic nitrogens is 5. The predicted molar refractivity (Wildman–Crippen MR) is 86.8 cm³/mol. The molecule has 0 aliphatic rings. The summed E-state index contributed by atoms with van der Waals surface area (Å²) in [7, 11) is 1.90. The Morgan fingerprint density at radius 3 is 2.95 bits per heavy atom. The van der Waals surface area contributed by atoms with E-state index < -0.39 is 0 Å². The van der Waals surface area contributed by atoms with Crippen molar-refractivity contribution in [3.8, 4) is 11.3 Å². The van der Waals surface area contributed by atoms with E-state index >= 15 is 0 Å². The molecule has 0 aromatic carbocycles. The van der Waals surface area contributed by atoms with Crippen LogP contribution in [0.3, 0.4) is 0 Å². The maximum atomic E-state index is 4.63. The van der Waals surface area contributed by atoms with Gasteiger partial charge in [-0.25, -0.2) is 9.50 Å². The van der Waals surface area contributed by atoms with Crippen LogP contribution in [-0.2, 0) is 13.6 Å². The minimum atomic E-state index is 0.771. The summed E-state index contributed by atoms with van der Waals surface area (Å²) in [6.07, 6.45) is 5.59. The molecule has 110 valence electrons. The molecule has 4 aromatic rings. The van der Waals surface area contributed by atoms with Gasteiger partial charge in [0.1, 0.15) is 5.82 Å². The highest BCUT2D eigenvalue weighted by atomic mass is 32.1. The van der Waals surface area contributed by atoms with Crippen molar-refractivity contribution in [3.05, 3.63) is 53.1 Å². The van der Waals surface area contributed by atoms with Crippen molar-refractivity contribution in [2.45, 2.75) is 6.54 Å². The van der Waals surface area contributed by atoms with E-state index in [1.165, 1.54) is 4.88 Å². The molecule has 0 atom stereocenters. The summed E-state index contributed by atoms with van der Waals surface area (Å²) in [5.41, 5.74) is 2.75. The maximum Gasteiger partial charge on any atom is 0.154 e. The number of nitrogens with one attached hydrogen (secondary N) is 1. The highest BCUT2D eigenvalue weighted by Crippen LogP contribution is 2.20. The third kappa shape index (κ3) is 2.35. The Labute approximate surface area is 131 Å². The zero-order valence-corrected chi connectivity index (χ0v) is 12.8. The fraction of sp³-hybridized carbons (Fsp3) is 0.133. The lowest BCUT2D eigenvalue weighted by atomic mass is 10.3. The predicted octanol–water partition coefficient (Wildman–Crippen LogP) is 2.80. The van der Waals surface area contributed by atoms with Gasteiger partial charge in [-0.1, -0.05) is 6.07 Å². The Bertz CT molecular complexity index is 905. The highest BCUT2D eigenvalue weighted by molar-refractivity contribution is 7.09. The van der Waals surface area contributed by atoms with E-state index in [1.54, 1.807) is 16.0 Å². The van der Waals surface area contributed by atoms with Gasteiger partial charge in [0.25, 0.3) is 0 Å². The number of anilines is 1. The van der Waals surface area contributed by atoms with E-state index in [4.69, 9.17) is 0 Å². The van der Waals surface area contributed by atoms with E-state index in [0.717, 1.165) is 29.3 Å². The summed E-state index contributed by atoms with van der Waals surface area (Å²) < 4.78 is 3.61. The Morgan fingerprint density at radius 2 is 2.18 bits per heavy atom. The standard InChI is InChI=1S/C15H14N6S/c1-20-10-11(7-18-20)13-9-17-15-5-4-14(19-21(13)15)16-8-12-3-2-6-22-12/h2-7,9-10H,8H2,1H3,(H,16,19). The summed E-state index contributed by atoms with van der Waals surface area (Å²) in [5.74, 6) is 0.823. The van der Waals surface area contributed by atoms with Crippen molar-refractivity contribution >= 4 is 22.8 Å². The summed E-state index contributed by atoms with van der Waals surface area (Å²) in [6.45, 7) is 0.771. The van der Waals surface area contributed by atoms with Crippen LogP contribution in [-0.4, -0.2) is 24.4 Å². The Morgan fingerprint density at radius 1 is 1.23 bits per heavy atom. The van der Waals surface area contributed by atoms with Crippen LogP contribution in [0.5, 0.6) is 0 Å². The van der Waals surface area contributed by atoms with Crippen LogP contribution in [0.25, 0.3) is 16.9 Å². The van der Waals surface area contributed by atoms with Crippen molar-refractivity contribution in [1.82, 2.24) is 24.4 Å². The number of nitrogens with zero attached hydrogens (tertiary/aromatic N) is 5. The van der Waals surface area contributed by atoms with E-state index in [0.29, 0.717) is 0 Å². The molecule has 0 aliphatic carbocycles. The van der Waals surface area contributed by atoms with Gasteiger partial charge in [0.2, 0.25) is 0 Å². The molecule has 0 bridgehead atoms. The second-order valence-electron chi connectivity index (χ2n) is 4.97. The van der Waals surface area contributed by atoms with Crippen LogP contribution in [0.2, 0.25) is 0 Å². The first-order valence-electron chi connectivity index (χ1n) is 6.90. The SMILES string of the molecule is Cn1cc(-c2cnc3ccc(NCc4cccs4)nn23)cn1. The molecule has 0 radical (unpaired) electrons. The molecule has 0 spiro atoms. The molecule has 0 fully saturated rings. The number of hydrogen-bond acceptors (Lipinski definition) is 5. The topological polar surface area (TPSA) is 60.0 Å². The molecule has 0 amide bonds. The first-order chi connectivity index (χ1) is 10.8.